The molecule has 0 atom stereocenters. The Labute approximate surface area is 144 Å². The van der Waals surface area contributed by atoms with Crippen molar-refractivity contribution < 1.29 is 23.4 Å². The Kier molecular flexibility index (Phi) is 4.10. The van der Waals surface area contributed by atoms with Gasteiger partial charge in [0.05, 0.1) is 10.5 Å². The maximum Gasteiger partial charge on any atom is 0.335 e. The van der Waals surface area contributed by atoms with Gasteiger partial charge in [0, 0.05) is 11.1 Å². The van der Waals surface area contributed by atoms with Gasteiger partial charge in [-0.05, 0) is 60.3 Å². The lowest BCUT2D eigenvalue weighted by atomic mass is 10.1. The number of aromatic hydroxyl groups is 1. The summed E-state index contributed by atoms with van der Waals surface area (Å²) in [4.78, 5) is 10.8. The molecule has 0 spiro atoms. The number of fused-ring (bicyclic) bond motifs is 1. The monoisotopic (exact) mass is 357 g/mol. The van der Waals surface area contributed by atoms with Crippen molar-refractivity contribution in [2.24, 2.45) is 0 Å². The molecule has 0 saturated heterocycles. The zero-order valence-corrected chi connectivity index (χ0v) is 14.0. The van der Waals surface area contributed by atoms with Gasteiger partial charge in [0.25, 0.3) is 10.0 Å². The number of aryl methyl sites for hydroxylation is 1. The molecule has 25 heavy (non-hydrogen) atoms. The Hall–Kier alpha value is -3.06. The lowest BCUT2D eigenvalue weighted by Gasteiger charge is -2.10. The van der Waals surface area contributed by atoms with Crippen LogP contribution in [0.1, 0.15) is 15.9 Å². The summed E-state index contributed by atoms with van der Waals surface area (Å²) in [6.45, 7) is 1.78. The fraction of sp³-hybridized carbons (Fsp3) is 0.0556. The predicted octanol–water partition coefficient (Wildman–Crippen LogP) is 3.35. The van der Waals surface area contributed by atoms with E-state index in [-0.39, 0.29) is 16.2 Å². The number of benzene rings is 3. The van der Waals surface area contributed by atoms with E-state index in [1.54, 1.807) is 37.3 Å². The Morgan fingerprint density at radius 2 is 1.68 bits per heavy atom. The molecule has 0 aliphatic heterocycles. The molecule has 0 aliphatic rings. The number of hydrogen-bond acceptors (Lipinski definition) is 4. The van der Waals surface area contributed by atoms with Crippen LogP contribution < -0.4 is 4.72 Å². The molecule has 0 fully saturated rings. The molecule has 3 rings (SSSR count). The zero-order valence-electron chi connectivity index (χ0n) is 13.2. The van der Waals surface area contributed by atoms with Crippen LogP contribution in [0.4, 0.5) is 5.69 Å². The molecule has 0 bridgehead atoms. The summed E-state index contributed by atoms with van der Waals surface area (Å²) in [5.74, 6) is -0.960. The lowest BCUT2D eigenvalue weighted by molar-refractivity contribution is 0.0696. The van der Waals surface area contributed by atoms with E-state index in [4.69, 9.17) is 5.11 Å². The normalized spacial score (nSPS) is 11.4. The second-order valence-corrected chi connectivity index (χ2v) is 7.28. The highest BCUT2D eigenvalue weighted by Crippen LogP contribution is 2.30. The van der Waals surface area contributed by atoms with Gasteiger partial charge in [0.2, 0.25) is 0 Å². The van der Waals surface area contributed by atoms with Crippen LogP contribution >= 0.6 is 0 Å². The molecule has 0 saturated carbocycles. The van der Waals surface area contributed by atoms with Crippen molar-refractivity contribution in [1.82, 2.24) is 0 Å². The van der Waals surface area contributed by atoms with E-state index in [1.807, 2.05) is 0 Å². The Bertz CT molecular complexity index is 1070. The van der Waals surface area contributed by atoms with Crippen LogP contribution in [0.5, 0.6) is 5.75 Å². The fourth-order valence-corrected chi connectivity index (χ4v) is 3.53. The smallest absolute Gasteiger partial charge is 0.335 e. The first-order chi connectivity index (χ1) is 11.8. The Balaban J connectivity index is 1.94. The number of rotatable bonds is 4. The first-order valence-corrected chi connectivity index (χ1v) is 8.85. The average Bonchev–Trinajstić information content (AvgIpc) is 2.58. The number of sulfonamides is 1. The number of carbonyl (C=O) groups is 1. The van der Waals surface area contributed by atoms with Gasteiger partial charge in [-0.3, -0.25) is 4.72 Å². The second kappa shape index (κ2) is 6.10. The second-order valence-electron chi connectivity index (χ2n) is 5.60. The van der Waals surface area contributed by atoms with E-state index in [1.165, 1.54) is 24.3 Å². The molecule has 3 aromatic carbocycles. The van der Waals surface area contributed by atoms with Crippen molar-refractivity contribution in [2.75, 3.05) is 4.72 Å². The standard InChI is InChI=1S/C18H15NO5S/c1-11-2-3-13-10-14(6-9-16(13)17(11)20)19-25(23,24)15-7-4-12(5-8-15)18(21)22/h2-10,19-20H,1H3,(H,21,22). The molecular formula is C18H15NO5S. The van der Waals surface area contributed by atoms with Gasteiger partial charge in [0.15, 0.2) is 0 Å². The fourth-order valence-electron chi connectivity index (χ4n) is 2.48. The average molecular weight is 357 g/mol. The first kappa shape index (κ1) is 16.8. The number of phenolic OH excluding ortho intramolecular Hbond substituents is 1. The van der Waals surface area contributed by atoms with Gasteiger partial charge in [0.1, 0.15) is 5.75 Å². The molecule has 0 heterocycles. The maximum absolute atomic E-state index is 12.4. The molecule has 0 radical (unpaired) electrons. The molecule has 6 nitrogen and oxygen atoms in total. The van der Waals surface area contributed by atoms with Crippen LogP contribution in [0.25, 0.3) is 10.8 Å². The third-order valence-electron chi connectivity index (χ3n) is 3.86. The summed E-state index contributed by atoms with van der Waals surface area (Å²) in [6, 6.07) is 13.3. The lowest BCUT2D eigenvalue weighted by Crippen LogP contribution is -2.13. The highest BCUT2D eigenvalue weighted by atomic mass is 32.2. The minimum atomic E-state index is -3.85. The maximum atomic E-state index is 12.4. The van der Waals surface area contributed by atoms with E-state index in [0.29, 0.717) is 16.5 Å². The van der Waals surface area contributed by atoms with Crippen LogP contribution in [-0.4, -0.2) is 24.6 Å². The summed E-state index contributed by atoms with van der Waals surface area (Å²) in [6.07, 6.45) is 0. The summed E-state index contributed by atoms with van der Waals surface area (Å²) >= 11 is 0. The van der Waals surface area contributed by atoms with Gasteiger partial charge in [-0.25, -0.2) is 13.2 Å². The number of nitrogens with one attached hydrogen (secondary N) is 1. The molecule has 0 amide bonds. The van der Waals surface area contributed by atoms with Crippen molar-refractivity contribution in [3.63, 3.8) is 0 Å². The Morgan fingerprint density at radius 3 is 2.32 bits per heavy atom. The topological polar surface area (TPSA) is 104 Å². The van der Waals surface area contributed by atoms with Crippen molar-refractivity contribution >= 4 is 32.5 Å². The van der Waals surface area contributed by atoms with Gasteiger partial charge in [-0.1, -0.05) is 12.1 Å². The first-order valence-electron chi connectivity index (χ1n) is 7.36. The minimum Gasteiger partial charge on any atom is -0.507 e. The number of carboxylic acid groups (broad SMARTS) is 1. The van der Waals surface area contributed by atoms with Crippen LogP contribution in [0, 0.1) is 6.92 Å². The van der Waals surface area contributed by atoms with Crippen molar-refractivity contribution in [3.05, 3.63) is 65.7 Å². The SMILES string of the molecule is Cc1ccc2cc(NS(=O)(=O)c3ccc(C(=O)O)cc3)ccc2c1O. The van der Waals surface area contributed by atoms with Crippen LogP contribution in [-0.2, 0) is 10.0 Å². The highest BCUT2D eigenvalue weighted by Gasteiger charge is 2.15. The zero-order chi connectivity index (χ0) is 18.2. The summed E-state index contributed by atoms with van der Waals surface area (Å²) in [5, 5.41) is 20.2. The third-order valence-corrected chi connectivity index (χ3v) is 5.25. The van der Waals surface area contributed by atoms with E-state index >= 15 is 0 Å². The summed E-state index contributed by atoms with van der Waals surface area (Å²) in [7, 11) is -3.85. The number of anilines is 1. The molecule has 0 unspecified atom stereocenters. The highest BCUT2D eigenvalue weighted by molar-refractivity contribution is 7.92. The predicted molar refractivity (Wildman–Crippen MR) is 94.6 cm³/mol. The molecular weight excluding hydrogens is 342 g/mol. The van der Waals surface area contributed by atoms with Crippen molar-refractivity contribution in [3.8, 4) is 5.75 Å². The van der Waals surface area contributed by atoms with Crippen LogP contribution in [0.15, 0.2) is 59.5 Å². The molecule has 7 heteroatoms. The largest absolute Gasteiger partial charge is 0.507 e. The molecule has 0 aromatic heterocycles. The number of carboxylic acids is 1. The van der Waals surface area contributed by atoms with E-state index in [9.17, 15) is 18.3 Å². The van der Waals surface area contributed by atoms with E-state index < -0.39 is 16.0 Å². The van der Waals surface area contributed by atoms with E-state index in [0.717, 1.165) is 5.56 Å². The molecule has 3 aromatic rings. The summed E-state index contributed by atoms with van der Waals surface area (Å²) < 4.78 is 27.3. The van der Waals surface area contributed by atoms with Gasteiger partial charge >= 0.3 is 5.97 Å². The van der Waals surface area contributed by atoms with Crippen molar-refractivity contribution in [2.45, 2.75) is 11.8 Å². The van der Waals surface area contributed by atoms with Crippen LogP contribution in [0.3, 0.4) is 0 Å². The minimum absolute atomic E-state index is 0.00972. The number of hydrogen-bond donors (Lipinski definition) is 3. The Morgan fingerprint density at radius 1 is 1.00 bits per heavy atom. The van der Waals surface area contributed by atoms with Gasteiger partial charge < -0.3 is 10.2 Å². The number of aromatic carboxylic acids is 1. The number of phenols is 1. The van der Waals surface area contributed by atoms with Gasteiger partial charge in [-0.2, -0.15) is 0 Å². The van der Waals surface area contributed by atoms with Crippen molar-refractivity contribution in [1.29, 1.82) is 0 Å². The third kappa shape index (κ3) is 3.27. The quantitative estimate of drug-likeness (QED) is 0.664. The molecule has 128 valence electrons. The molecule has 0 aliphatic carbocycles. The summed E-state index contributed by atoms with van der Waals surface area (Å²) in [5.41, 5.74) is 1.09. The molecule has 3 N–H and O–H groups in total. The van der Waals surface area contributed by atoms with E-state index in [2.05, 4.69) is 4.72 Å². The van der Waals surface area contributed by atoms with Crippen LogP contribution in [0.2, 0.25) is 0 Å². The van der Waals surface area contributed by atoms with Gasteiger partial charge in [-0.15, -0.1) is 0 Å².